The highest BCUT2D eigenvalue weighted by Gasteiger charge is 2.34. The Kier molecular flexibility index (Phi) is 2.48. The molecular weight excluding hydrogens is 242 g/mol. The molecule has 0 saturated carbocycles. The third kappa shape index (κ3) is 1.97. The number of rotatable bonds is 1. The summed E-state index contributed by atoms with van der Waals surface area (Å²) in [7, 11) is -2.89. The normalized spacial score (nSPS) is 31.4. The van der Waals surface area contributed by atoms with Crippen molar-refractivity contribution in [3.05, 3.63) is 11.6 Å². The first-order valence-corrected chi connectivity index (χ1v) is 7.68. The average molecular weight is 257 g/mol. The largest absolute Gasteiger partial charge is 0.393 e. The van der Waals surface area contributed by atoms with E-state index in [2.05, 4.69) is 10.2 Å². The molecule has 3 heterocycles. The number of aromatic nitrogens is 3. The van der Waals surface area contributed by atoms with Crippen LogP contribution < -0.4 is 0 Å². The van der Waals surface area contributed by atoms with Crippen molar-refractivity contribution in [2.45, 2.75) is 37.8 Å². The number of hydrogen-bond donors (Lipinski definition) is 1. The van der Waals surface area contributed by atoms with Gasteiger partial charge >= 0.3 is 0 Å². The van der Waals surface area contributed by atoms with Gasteiger partial charge in [0.15, 0.2) is 9.84 Å². The van der Waals surface area contributed by atoms with Crippen molar-refractivity contribution < 1.29 is 13.5 Å². The van der Waals surface area contributed by atoms with Crippen LogP contribution in [0.1, 0.15) is 30.4 Å². The van der Waals surface area contributed by atoms with Gasteiger partial charge in [-0.1, -0.05) is 0 Å². The van der Waals surface area contributed by atoms with Crippen molar-refractivity contribution in [2.24, 2.45) is 0 Å². The van der Waals surface area contributed by atoms with Gasteiger partial charge in [0.05, 0.1) is 17.6 Å². The van der Waals surface area contributed by atoms with Gasteiger partial charge in [-0.15, -0.1) is 10.2 Å². The number of fused-ring (bicyclic) bond motifs is 1. The Morgan fingerprint density at radius 1 is 1.29 bits per heavy atom. The Morgan fingerprint density at radius 2 is 2.12 bits per heavy atom. The maximum atomic E-state index is 11.5. The fourth-order valence-electron chi connectivity index (χ4n) is 2.64. The van der Waals surface area contributed by atoms with Gasteiger partial charge in [-0.05, 0) is 12.8 Å². The molecule has 1 aromatic rings. The highest BCUT2D eigenvalue weighted by Crippen LogP contribution is 2.29. The molecule has 0 aromatic carbocycles. The lowest BCUT2D eigenvalue weighted by molar-refractivity contribution is 0.140. The maximum absolute atomic E-state index is 11.5. The zero-order chi connectivity index (χ0) is 12.0. The highest BCUT2D eigenvalue weighted by atomic mass is 32.2. The SMILES string of the molecule is O=S1(=O)CCC(c2nnc3n2CCC(O)C3)C1. The van der Waals surface area contributed by atoms with Gasteiger partial charge in [-0.25, -0.2) is 8.42 Å². The molecule has 2 aliphatic heterocycles. The third-order valence-corrected chi connectivity index (χ3v) is 5.33. The fraction of sp³-hybridized carbons (Fsp3) is 0.800. The van der Waals surface area contributed by atoms with Crippen molar-refractivity contribution in [2.75, 3.05) is 11.5 Å². The second kappa shape index (κ2) is 3.78. The molecule has 1 N–H and O–H groups in total. The number of nitrogens with zero attached hydrogens (tertiary/aromatic N) is 3. The molecule has 1 fully saturated rings. The zero-order valence-electron chi connectivity index (χ0n) is 9.41. The first-order valence-electron chi connectivity index (χ1n) is 5.85. The molecule has 2 aliphatic rings. The molecular formula is C10H15N3O3S. The minimum Gasteiger partial charge on any atom is -0.393 e. The topological polar surface area (TPSA) is 85.1 Å². The van der Waals surface area contributed by atoms with Crippen molar-refractivity contribution in [3.8, 4) is 0 Å². The first kappa shape index (κ1) is 11.2. The monoisotopic (exact) mass is 257 g/mol. The van der Waals surface area contributed by atoms with Gasteiger partial charge in [-0.3, -0.25) is 0 Å². The van der Waals surface area contributed by atoms with E-state index in [1.165, 1.54) is 0 Å². The summed E-state index contributed by atoms with van der Waals surface area (Å²) in [5.41, 5.74) is 0. The molecule has 0 aliphatic carbocycles. The van der Waals surface area contributed by atoms with E-state index in [0.29, 0.717) is 25.8 Å². The predicted molar refractivity (Wildman–Crippen MR) is 60.4 cm³/mol. The Bertz CT molecular complexity index is 537. The van der Waals surface area contributed by atoms with Crippen LogP contribution in [0.3, 0.4) is 0 Å². The predicted octanol–water partition coefficient (Wildman–Crippen LogP) is -0.513. The second-order valence-corrected chi connectivity index (χ2v) is 7.10. The molecule has 94 valence electrons. The lowest BCUT2D eigenvalue weighted by Gasteiger charge is -2.20. The van der Waals surface area contributed by atoms with E-state index in [1.807, 2.05) is 4.57 Å². The standard InChI is InChI=1S/C10H15N3O3S/c14-8-1-3-13-9(5-8)11-12-10(13)7-2-4-17(15,16)6-7/h7-8,14H,1-6H2. The van der Waals surface area contributed by atoms with E-state index < -0.39 is 9.84 Å². The van der Waals surface area contributed by atoms with Gasteiger partial charge in [0.1, 0.15) is 11.6 Å². The van der Waals surface area contributed by atoms with Gasteiger partial charge in [0.25, 0.3) is 0 Å². The summed E-state index contributed by atoms with van der Waals surface area (Å²) >= 11 is 0. The molecule has 1 saturated heterocycles. The number of sulfone groups is 1. The van der Waals surface area contributed by atoms with Crippen LogP contribution in [0.25, 0.3) is 0 Å². The van der Waals surface area contributed by atoms with Crippen molar-refractivity contribution in [1.29, 1.82) is 0 Å². The summed E-state index contributed by atoms with van der Waals surface area (Å²) in [6.07, 6.45) is 1.51. The fourth-order valence-corrected chi connectivity index (χ4v) is 4.37. The molecule has 0 bridgehead atoms. The van der Waals surface area contributed by atoms with E-state index in [4.69, 9.17) is 0 Å². The third-order valence-electron chi connectivity index (χ3n) is 3.56. The van der Waals surface area contributed by atoms with Crippen molar-refractivity contribution >= 4 is 9.84 Å². The summed E-state index contributed by atoms with van der Waals surface area (Å²) in [5.74, 6) is 1.99. The van der Waals surface area contributed by atoms with Crippen molar-refractivity contribution in [3.63, 3.8) is 0 Å². The molecule has 3 rings (SSSR count). The summed E-state index contributed by atoms with van der Waals surface area (Å²) in [6.45, 7) is 0.690. The van der Waals surface area contributed by atoms with Crippen LogP contribution in [0.15, 0.2) is 0 Å². The summed E-state index contributed by atoms with van der Waals surface area (Å²) in [5, 5.41) is 17.7. The van der Waals surface area contributed by atoms with Gasteiger partial charge in [-0.2, -0.15) is 0 Å². The molecule has 0 amide bonds. The van der Waals surface area contributed by atoms with Crippen molar-refractivity contribution in [1.82, 2.24) is 14.8 Å². The van der Waals surface area contributed by atoms with Crippen LogP contribution in [0.5, 0.6) is 0 Å². The van der Waals surface area contributed by atoms with E-state index in [1.54, 1.807) is 0 Å². The summed E-state index contributed by atoms with van der Waals surface area (Å²) in [6, 6.07) is 0. The number of hydrogen-bond acceptors (Lipinski definition) is 5. The van der Waals surface area contributed by atoms with Gasteiger partial charge in [0.2, 0.25) is 0 Å². The molecule has 2 atom stereocenters. The Morgan fingerprint density at radius 3 is 2.82 bits per heavy atom. The molecule has 0 radical (unpaired) electrons. The highest BCUT2D eigenvalue weighted by molar-refractivity contribution is 7.91. The van der Waals surface area contributed by atoms with E-state index >= 15 is 0 Å². The van der Waals surface area contributed by atoms with Crippen LogP contribution in [-0.2, 0) is 22.8 Å². The molecule has 2 unspecified atom stereocenters. The second-order valence-electron chi connectivity index (χ2n) is 4.87. The minimum atomic E-state index is -2.89. The molecule has 6 nitrogen and oxygen atoms in total. The van der Waals surface area contributed by atoms with Crippen LogP contribution >= 0.6 is 0 Å². The molecule has 17 heavy (non-hydrogen) atoms. The zero-order valence-corrected chi connectivity index (χ0v) is 10.2. The Labute approximate surface area is 99.6 Å². The van der Waals surface area contributed by atoms with E-state index in [0.717, 1.165) is 11.6 Å². The lowest BCUT2D eigenvalue weighted by atomic mass is 10.1. The molecule has 7 heteroatoms. The Balaban J connectivity index is 1.90. The smallest absolute Gasteiger partial charge is 0.151 e. The summed E-state index contributed by atoms with van der Waals surface area (Å²) in [4.78, 5) is 0. The molecule has 1 aromatic heterocycles. The van der Waals surface area contributed by atoms with Gasteiger partial charge < -0.3 is 9.67 Å². The molecule has 0 spiro atoms. The lowest BCUT2D eigenvalue weighted by Crippen LogP contribution is -2.25. The minimum absolute atomic E-state index is 0.0171. The number of aliphatic hydroxyl groups is 1. The van der Waals surface area contributed by atoms with E-state index in [-0.39, 0.29) is 23.5 Å². The maximum Gasteiger partial charge on any atom is 0.151 e. The van der Waals surface area contributed by atoms with Crippen LogP contribution in [0.2, 0.25) is 0 Å². The van der Waals surface area contributed by atoms with Crippen LogP contribution in [0.4, 0.5) is 0 Å². The number of aliphatic hydroxyl groups excluding tert-OH is 1. The first-order chi connectivity index (χ1) is 8.05. The summed E-state index contributed by atoms with van der Waals surface area (Å²) < 4.78 is 24.9. The quantitative estimate of drug-likeness (QED) is 0.732. The average Bonchev–Trinajstić information content (AvgIpc) is 2.80. The Hall–Kier alpha value is -0.950. The van der Waals surface area contributed by atoms with Crippen LogP contribution in [-0.4, -0.2) is 45.9 Å². The van der Waals surface area contributed by atoms with E-state index in [9.17, 15) is 13.5 Å². The van der Waals surface area contributed by atoms with Crippen LogP contribution in [0, 0.1) is 0 Å². The van der Waals surface area contributed by atoms with Gasteiger partial charge in [0, 0.05) is 18.9 Å².